The summed E-state index contributed by atoms with van der Waals surface area (Å²) in [4.78, 5) is 37.8. The van der Waals surface area contributed by atoms with E-state index in [1.807, 2.05) is 0 Å². The van der Waals surface area contributed by atoms with Crippen LogP contribution in [-0.2, 0) is 25.3 Å². The molecule has 148 valence electrons. The lowest BCUT2D eigenvalue weighted by molar-refractivity contribution is -0.157. The molecule has 1 unspecified atom stereocenters. The van der Waals surface area contributed by atoms with Gasteiger partial charge in [0.05, 0.1) is 12.2 Å². The van der Waals surface area contributed by atoms with Gasteiger partial charge in [-0.1, -0.05) is 20.8 Å². The van der Waals surface area contributed by atoms with Crippen LogP contribution in [0.5, 0.6) is 0 Å². The molecule has 0 aromatic carbocycles. The second-order valence-electron chi connectivity index (χ2n) is 7.81. The molecule has 1 rings (SSSR count). The summed E-state index contributed by atoms with van der Waals surface area (Å²) < 4.78 is 17.7. The maximum atomic E-state index is 12.2. The molecule has 1 N–H and O–H groups in total. The van der Waals surface area contributed by atoms with E-state index in [1.165, 1.54) is 24.8 Å². The zero-order valence-corrected chi connectivity index (χ0v) is 17.8. The molecule has 1 heterocycles. The summed E-state index contributed by atoms with van der Waals surface area (Å²) in [5.41, 5.74) is -0.830. The van der Waals surface area contributed by atoms with Crippen molar-refractivity contribution in [2.75, 3.05) is 7.11 Å². The molecule has 0 amide bonds. The van der Waals surface area contributed by atoms with Gasteiger partial charge in [0, 0.05) is 20.2 Å². The van der Waals surface area contributed by atoms with Crippen molar-refractivity contribution in [2.24, 2.45) is 0 Å². The van der Waals surface area contributed by atoms with Gasteiger partial charge in [0.15, 0.2) is 14.5 Å². The third-order valence-electron chi connectivity index (χ3n) is 4.71. The Hall–Kier alpha value is -1.71. The Morgan fingerprint density at radius 1 is 1.31 bits per heavy atom. The van der Waals surface area contributed by atoms with Crippen molar-refractivity contribution < 1.29 is 18.7 Å². The molecule has 0 aliphatic heterocycles. The first kappa shape index (κ1) is 22.3. The molecule has 26 heavy (non-hydrogen) atoms. The van der Waals surface area contributed by atoms with Crippen molar-refractivity contribution in [3.63, 3.8) is 0 Å². The topological polar surface area (TPSA) is 99.6 Å². The second kappa shape index (κ2) is 8.32. The smallest absolute Gasteiger partial charge is 0.330 e. The number of ether oxygens (including phenoxy) is 2. The van der Waals surface area contributed by atoms with Crippen LogP contribution in [-0.4, -0.2) is 37.1 Å². The lowest BCUT2D eigenvalue weighted by Gasteiger charge is -2.36. The molecule has 0 bridgehead atoms. The van der Waals surface area contributed by atoms with E-state index in [0.717, 1.165) is 0 Å². The molecule has 0 saturated heterocycles. The van der Waals surface area contributed by atoms with Crippen LogP contribution in [0.1, 0.15) is 46.4 Å². The van der Waals surface area contributed by atoms with Crippen LogP contribution in [0.2, 0.25) is 18.1 Å². The summed E-state index contributed by atoms with van der Waals surface area (Å²) in [7, 11) is -0.665. The van der Waals surface area contributed by atoms with Gasteiger partial charge in [0.1, 0.15) is 6.10 Å². The number of nitrogens with zero attached hydrogens (tertiary/aromatic N) is 1. The standard InChI is InChI=1S/C17H30N2O6Si/c1-11(25-12(2)20)15(23-6)19-9-13(14(21)18-16(19)22)10-24-26(7,8)17(3,4)5/h9,11,15H,10H2,1-8H3,(H,18,21,22)/t11?,15-/m1/s1. The van der Waals surface area contributed by atoms with Crippen LogP contribution >= 0.6 is 0 Å². The number of carbonyl (C=O) groups excluding carboxylic acids is 1. The number of aromatic amines is 1. The SMILES string of the molecule is CO[C@H](C(C)OC(C)=O)n1cc(CO[Si](C)(C)C(C)(C)C)c(=O)[nH]c1=O. The van der Waals surface area contributed by atoms with Crippen LogP contribution in [0, 0.1) is 0 Å². The van der Waals surface area contributed by atoms with Crippen molar-refractivity contribution in [3.8, 4) is 0 Å². The van der Waals surface area contributed by atoms with Crippen LogP contribution in [0.25, 0.3) is 0 Å². The summed E-state index contributed by atoms with van der Waals surface area (Å²) >= 11 is 0. The van der Waals surface area contributed by atoms with E-state index in [-0.39, 0.29) is 11.6 Å². The number of rotatable bonds is 7. The van der Waals surface area contributed by atoms with E-state index < -0.39 is 37.9 Å². The van der Waals surface area contributed by atoms with Gasteiger partial charge in [0.2, 0.25) is 0 Å². The highest BCUT2D eigenvalue weighted by molar-refractivity contribution is 6.74. The third kappa shape index (κ3) is 5.39. The number of hydrogen-bond donors (Lipinski definition) is 1. The van der Waals surface area contributed by atoms with E-state index in [2.05, 4.69) is 38.8 Å². The highest BCUT2D eigenvalue weighted by Gasteiger charge is 2.37. The highest BCUT2D eigenvalue weighted by Crippen LogP contribution is 2.36. The number of H-pyrrole nitrogens is 1. The summed E-state index contributed by atoms with van der Waals surface area (Å²) in [6, 6.07) is 0. The largest absolute Gasteiger partial charge is 0.458 e. The van der Waals surface area contributed by atoms with Gasteiger partial charge in [-0.05, 0) is 25.1 Å². The van der Waals surface area contributed by atoms with Gasteiger partial charge < -0.3 is 13.9 Å². The van der Waals surface area contributed by atoms with Gasteiger partial charge >= 0.3 is 11.7 Å². The fourth-order valence-electron chi connectivity index (χ4n) is 2.14. The zero-order valence-electron chi connectivity index (χ0n) is 16.8. The van der Waals surface area contributed by atoms with Crippen molar-refractivity contribution >= 4 is 14.3 Å². The average molecular weight is 387 g/mol. The fraction of sp³-hybridized carbons (Fsp3) is 0.706. The number of hydrogen-bond acceptors (Lipinski definition) is 6. The minimum Gasteiger partial charge on any atom is -0.458 e. The van der Waals surface area contributed by atoms with E-state index in [1.54, 1.807) is 6.92 Å². The van der Waals surface area contributed by atoms with Gasteiger partial charge in [-0.25, -0.2) is 4.79 Å². The van der Waals surface area contributed by atoms with E-state index >= 15 is 0 Å². The summed E-state index contributed by atoms with van der Waals surface area (Å²) in [6.45, 7) is 13.4. The predicted molar refractivity (Wildman–Crippen MR) is 101 cm³/mol. The Bertz CT molecular complexity index is 747. The van der Waals surface area contributed by atoms with Crippen molar-refractivity contribution in [2.45, 2.75) is 71.7 Å². The molecule has 0 fully saturated rings. The van der Waals surface area contributed by atoms with Gasteiger partial charge in [0.25, 0.3) is 5.56 Å². The number of carbonyl (C=O) groups is 1. The van der Waals surface area contributed by atoms with Crippen molar-refractivity contribution in [3.05, 3.63) is 32.6 Å². The van der Waals surface area contributed by atoms with E-state index in [4.69, 9.17) is 13.9 Å². The molecule has 0 aliphatic carbocycles. The highest BCUT2D eigenvalue weighted by atomic mass is 28.4. The Morgan fingerprint density at radius 3 is 2.35 bits per heavy atom. The maximum Gasteiger partial charge on any atom is 0.330 e. The van der Waals surface area contributed by atoms with Crippen LogP contribution in [0.4, 0.5) is 0 Å². The first-order valence-electron chi connectivity index (χ1n) is 8.48. The van der Waals surface area contributed by atoms with Crippen molar-refractivity contribution in [1.29, 1.82) is 0 Å². The predicted octanol–water partition coefficient (Wildman–Crippen LogP) is 2.15. The van der Waals surface area contributed by atoms with Gasteiger partial charge in [-0.2, -0.15) is 0 Å². The fourth-order valence-corrected chi connectivity index (χ4v) is 3.09. The Balaban J connectivity index is 3.18. The normalized spacial score (nSPS) is 14.8. The first-order chi connectivity index (χ1) is 11.8. The lowest BCUT2D eigenvalue weighted by Crippen LogP contribution is -2.42. The zero-order chi connectivity index (χ0) is 20.3. The molecular formula is C17H30N2O6Si. The van der Waals surface area contributed by atoms with Crippen LogP contribution in [0.3, 0.4) is 0 Å². The molecule has 1 aromatic heterocycles. The minimum atomic E-state index is -2.06. The molecular weight excluding hydrogens is 356 g/mol. The quantitative estimate of drug-likeness (QED) is 0.569. The summed E-state index contributed by atoms with van der Waals surface area (Å²) in [5.74, 6) is -0.487. The lowest BCUT2D eigenvalue weighted by atomic mass is 10.2. The molecule has 0 saturated carbocycles. The van der Waals surface area contributed by atoms with Gasteiger partial charge in [-0.15, -0.1) is 0 Å². The second-order valence-corrected chi connectivity index (χ2v) is 12.6. The van der Waals surface area contributed by atoms with Gasteiger partial charge in [-0.3, -0.25) is 19.1 Å². The number of aromatic nitrogens is 2. The molecule has 9 heteroatoms. The van der Waals surface area contributed by atoms with E-state index in [0.29, 0.717) is 5.56 Å². The number of esters is 1. The molecule has 8 nitrogen and oxygen atoms in total. The maximum absolute atomic E-state index is 12.2. The molecule has 0 radical (unpaired) electrons. The minimum absolute atomic E-state index is 0.00683. The first-order valence-corrected chi connectivity index (χ1v) is 11.4. The molecule has 0 spiro atoms. The molecule has 1 aromatic rings. The molecule has 2 atom stereocenters. The number of methoxy groups -OCH3 is 1. The summed E-state index contributed by atoms with van der Waals surface area (Å²) in [5, 5.41) is -0.00683. The average Bonchev–Trinajstić information content (AvgIpc) is 2.47. The Morgan fingerprint density at radius 2 is 1.88 bits per heavy atom. The molecule has 0 aliphatic rings. The summed E-state index contributed by atoms with van der Waals surface area (Å²) in [6.07, 6.45) is -0.173. The van der Waals surface area contributed by atoms with Crippen LogP contribution < -0.4 is 11.2 Å². The Kier molecular flexibility index (Phi) is 7.14. The van der Waals surface area contributed by atoms with E-state index in [9.17, 15) is 14.4 Å². The Labute approximate surface area is 154 Å². The third-order valence-corrected chi connectivity index (χ3v) is 9.18. The monoisotopic (exact) mass is 386 g/mol. The van der Waals surface area contributed by atoms with Crippen molar-refractivity contribution in [1.82, 2.24) is 9.55 Å². The van der Waals surface area contributed by atoms with Crippen LogP contribution in [0.15, 0.2) is 15.8 Å². The number of nitrogens with one attached hydrogen (secondary N) is 1.